The van der Waals surface area contributed by atoms with Crippen molar-refractivity contribution in [2.75, 3.05) is 20.7 Å². The quantitative estimate of drug-likeness (QED) is 0.840. The number of aryl methyl sites for hydroxylation is 1. The standard InChI is InChI=1S/C15H24N2O/c1-4-11-5-8-15(18-3)13(9-11)14(10-16)17(2)12-6-7-12/h5,8-9,12,14H,4,6-7,10,16H2,1-3H3. The highest BCUT2D eigenvalue weighted by Gasteiger charge is 2.32. The smallest absolute Gasteiger partial charge is 0.123 e. The van der Waals surface area contributed by atoms with E-state index in [0.29, 0.717) is 12.6 Å². The Bertz CT molecular complexity index is 401. The molecule has 18 heavy (non-hydrogen) atoms. The van der Waals surface area contributed by atoms with Crippen LogP contribution in [0.2, 0.25) is 0 Å². The molecule has 1 unspecified atom stereocenters. The second-order valence-electron chi connectivity index (χ2n) is 5.08. The number of rotatable bonds is 6. The van der Waals surface area contributed by atoms with Gasteiger partial charge in [0.05, 0.1) is 13.2 Å². The van der Waals surface area contributed by atoms with Gasteiger partial charge in [-0.1, -0.05) is 19.1 Å². The number of hydrogen-bond donors (Lipinski definition) is 1. The molecule has 100 valence electrons. The number of hydrogen-bond acceptors (Lipinski definition) is 3. The maximum atomic E-state index is 5.99. The summed E-state index contributed by atoms with van der Waals surface area (Å²) in [6, 6.07) is 7.41. The Morgan fingerprint density at radius 1 is 1.44 bits per heavy atom. The minimum atomic E-state index is 0.263. The zero-order valence-corrected chi connectivity index (χ0v) is 11.6. The van der Waals surface area contributed by atoms with Gasteiger partial charge in [0.15, 0.2) is 0 Å². The van der Waals surface area contributed by atoms with E-state index in [9.17, 15) is 0 Å². The monoisotopic (exact) mass is 248 g/mol. The molecular formula is C15H24N2O. The lowest BCUT2D eigenvalue weighted by Crippen LogP contribution is -2.32. The Hall–Kier alpha value is -1.06. The second kappa shape index (κ2) is 5.72. The highest BCUT2D eigenvalue weighted by Crippen LogP contribution is 2.36. The van der Waals surface area contributed by atoms with Crippen molar-refractivity contribution < 1.29 is 4.74 Å². The molecule has 2 rings (SSSR count). The number of benzene rings is 1. The molecule has 0 bridgehead atoms. The van der Waals surface area contributed by atoms with Crippen molar-refractivity contribution in [1.82, 2.24) is 4.90 Å². The van der Waals surface area contributed by atoms with Gasteiger partial charge in [0.1, 0.15) is 5.75 Å². The minimum Gasteiger partial charge on any atom is -0.496 e. The number of nitrogens with two attached hydrogens (primary N) is 1. The Labute approximate surface area is 110 Å². The summed E-state index contributed by atoms with van der Waals surface area (Å²) < 4.78 is 5.50. The van der Waals surface area contributed by atoms with Gasteiger partial charge in [-0.25, -0.2) is 0 Å². The molecular weight excluding hydrogens is 224 g/mol. The molecule has 0 saturated heterocycles. The topological polar surface area (TPSA) is 38.5 Å². The molecule has 0 aromatic heterocycles. The first-order chi connectivity index (χ1) is 8.71. The first-order valence-electron chi connectivity index (χ1n) is 6.80. The summed E-state index contributed by atoms with van der Waals surface area (Å²) in [6.07, 6.45) is 3.63. The normalized spacial score (nSPS) is 16.9. The van der Waals surface area contributed by atoms with Gasteiger partial charge in [-0.15, -0.1) is 0 Å². The zero-order valence-electron chi connectivity index (χ0n) is 11.6. The molecule has 0 amide bonds. The predicted molar refractivity (Wildman–Crippen MR) is 75.0 cm³/mol. The van der Waals surface area contributed by atoms with E-state index in [-0.39, 0.29) is 6.04 Å². The van der Waals surface area contributed by atoms with Crippen LogP contribution in [-0.4, -0.2) is 31.6 Å². The zero-order chi connectivity index (χ0) is 13.1. The average molecular weight is 248 g/mol. The summed E-state index contributed by atoms with van der Waals surface area (Å²) >= 11 is 0. The Balaban J connectivity index is 2.32. The summed E-state index contributed by atoms with van der Waals surface area (Å²) in [5, 5.41) is 0. The van der Waals surface area contributed by atoms with Crippen LogP contribution in [0.25, 0.3) is 0 Å². The van der Waals surface area contributed by atoms with Gasteiger partial charge in [-0.3, -0.25) is 4.90 Å². The van der Waals surface area contributed by atoms with Crippen molar-refractivity contribution in [3.05, 3.63) is 29.3 Å². The molecule has 2 N–H and O–H groups in total. The van der Waals surface area contributed by atoms with Crippen molar-refractivity contribution >= 4 is 0 Å². The molecule has 1 aromatic rings. The largest absolute Gasteiger partial charge is 0.496 e. The Morgan fingerprint density at radius 3 is 2.67 bits per heavy atom. The van der Waals surface area contributed by atoms with E-state index in [2.05, 4.69) is 37.1 Å². The molecule has 3 heteroatoms. The fourth-order valence-electron chi connectivity index (χ4n) is 2.51. The molecule has 1 saturated carbocycles. The molecule has 1 aromatic carbocycles. The molecule has 3 nitrogen and oxygen atoms in total. The van der Waals surface area contributed by atoms with E-state index in [1.165, 1.54) is 24.0 Å². The highest BCUT2D eigenvalue weighted by atomic mass is 16.5. The van der Waals surface area contributed by atoms with Crippen molar-refractivity contribution in [1.29, 1.82) is 0 Å². The summed E-state index contributed by atoms with van der Waals surface area (Å²) in [6.45, 7) is 2.81. The third-order valence-corrected chi connectivity index (χ3v) is 3.90. The lowest BCUT2D eigenvalue weighted by molar-refractivity contribution is 0.234. The number of likely N-dealkylation sites (N-methyl/N-ethyl adjacent to an activating group) is 1. The summed E-state index contributed by atoms with van der Waals surface area (Å²) in [7, 11) is 3.91. The van der Waals surface area contributed by atoms with Crippen LogP contribution in [0.5, 0.6) is 5.75 Å². The van der Waals surface area contributed by atoms with Crippen LogP contribution in [-0.2, 0) is 6.42 Å². The first-order valence-corrected chi connectivity index (χ1v) is 6.80. The van der Waals surface area contributed by atoms with Crippen LogP contribution in [0.4, 0.5) is 0 Å². The van der Waals surface area contributed by atoms with E-state index in [1.54, 1.807) is 7.11 Å². The van der Waals surface area contributed by atoms with E-state index >= 15 is 0 Å². The SMILES string of the molecule is CCc1ccc(OC)c(C(CN)N(C)C2CC2)c1. The van der Waals surface area contributed by atoms with Gasteiger partial charge >= 0.3 is 0 Å². The van der Waals surface area contributed by atoms with Gasteiger partial charge in [-0.2, -0.15) is 0 Å². The van der Waals surface area contributed by atoms with E-state index in [0.717, 1.165) is 12.2 Å². The predicted octanol–water partition coefficient (Wildman–Crippen LogP) is 2.35. The van der Waals surface area contributed by atoms with Crippen LogP contribution in [0, 0.1) is 0 Å². The third-order valence-electron chi connectivity index (χ3n) is 3.90. The van der Waals surface area contributed by atoms with Gasteiger partial charge in [-0.05, 0) is 37.9 Å². The number of methoxy groups -OCH3 is 1. The summed E-state index contributed by atoms with van der Waals surface area (Å²) in [4.78, 5) is 2.40. The van der Waals surface area contributed by atoms with Gasteiger partial charge < -0.3 is 10.5 Å². The minimum absolute atomic E-state index is 0.263. The fourth-order valence-corrected chi connectivity index (χ4v) is 2.51. The second-order valence-corrected chi connectivity index (χ2v) is 5.08. The molecule has 0 spiro atoms. The molecule has 0 radical (unpaired) electrons. The molecule has 0 aliphatic heterocycles. The van der Waals surface area contributed by atoms with Crippen LogP contribution in [0.3, 0.4) is 0 Å². The molecule has 1 fully saturated rings. The van der Waals surface area contributed by atoms with Crippen LogP contribution >= 0.6 is 0 Å². The van der Waals surface area contributed by atoms with Crippen molar-refractivity contribution in [2.24, 2.45) is 5.73 Å². The van der Waals surface area contributed by atoms with Crippen LogP contribution < -0.4 is 10.5 Å². The first kappa shape index (κ1) is 13.4. The molecule has 0 heterocycles. The van der Waals surface area contributed by atoms with E-state index in [1.807, 2.05) is 0 Å². The van der Waals surface area contributed by atoms with Crippen molar-refractivity contribution in [3.63, 3.8) is 0 Å². The Kier molecular flexibility index (Phi) is 4.25. The third kappa shape index (κ3) is 2.68. The lowest BCUT2D eigenvalue weighted by Gasteiger charge is -2.28. The molecule has 1 atom stereocenters. The highest BCUT2D eigenvalue weighted by molar-refractivity contribution is 5.40. The number of ether oxygens (including phenoxy) is 1. The Morgan fingerprint density at radius 2 is 2.17 bits per heavy atom. The van der Waals surface area contributed by atoms with Gasteiger partial charge in [0, 0.05) is 18.2 Å². The van der Waals surface area contributed by atoms with Gasteiger partial charge in [0.2, 0.25) is 0 Å². The van der Waals surface area contributed by atoms with E-state index in [4.69, 9.17) is 10.5 Å². The van der Waals surface area contributed by atoms with E-state index < -0.39 is 0 Å². The van der Waals surface area contributed by atoms with Gasteiger partial charge in [0.25, 0.3) is 0 Å². The average Bonchev–Trinajstić information content (AvgIpc) is 3.23. The summed E-state index contributed by atoms with van der Waals surface area (Å²) in [5.41, 5.74) is 8.56. The summed E-state index contributed by atoms with van der Waals surface area (Å²) in [5.74, 6) is 0.954. The molecule has 1 aliphatic carbocycles. The van der Waals surface area contributed by atoms with Crippen LogP contribution in [0.1, 0.15) is 36.9 Å². The van der Waals surface area contributed by atoms with Crippen molar-refractivity contribution in [3.8, 4) is 5.75 Å². The maximum Gasteiger partial charge on any atom is 0.123 e. The fraction of sp³-hybridized carbons (Fsp3) is 0.600. The molecule has 1 aliphatic rings. The lowest BCUT2D eigenvalue weighted by atomic mass is 10.00. The maximum absolute atomic E-state index is 5.99. The number of nitrogens with zero attached hydrogens (tertiary/aromatic N) is 1. The van der Waals surface area contributed by atoms with Crippen LogP contribution in [0.15, 0.2) is 18.2 Å². The van der Waals surface area contributed by atoms with Crippen molar-refractivity contribution in [2.45, 2.75) is 38.3 Å².